The molecule has 0 saturated carbocycles. The molecular weight excluding hydrogens is 260 g/mol. The van der Waals surface area contributed by atoms with Crippen LogP contribution in [0.15, 0.2) is 24.3 Å². The minimum absolute atomic E-state index is 0. The number of likely N-dealkylation sites (N-methyl/N-ethyl adjacent to an activating group) is 1. The molecule has 1 atom stereocenters. The molecule has 19 heavy (non-hydrogen) atoms. The third-order valence-electron chi connectivity index (χ3n) is 3.69. The fraction of sp³-hybridized carbons (Fsp3) is 0.533. The van der Waals surface area contributed by atoms with Crippen LogP contribution < -0.4 is 5.32 Å². The smallest absolute Gasteiger partial charge is 0.254 e. The normalized spacial score (nSPS) is 18.2. The molecule has 2 rings (SSSR count). The quantitative estimate of drug-likeness (QED) is 0.920. The highest BCUT2D eigenvalue weighted by Crippen LogP contribution is 2.19. The van der Waals surface area contributed by atoms with Gasteiger partial charge in [0, 0.05) is 24.7 Å². The molecule has 0 bridgehead atoms. The fourth-order valence-corrected chi connectivity index (χ4v) is 2.60. The van der Waals surface area contributed by atoms with Crippen molar-refractivity contribution in [2.45, 2.75) is 32.2 Å². The molecule has 1 aliphatic rings. The van der Waals surface area contributed by atoms with Crippen molar-refractivity contribution in [3.63, 3.8) is 0 Å². The molecule has 1 aliphatic heterocycles. The molecule has 1 fully saturated rings. The molecule has 106 valence electrons. The van der Waals surface area contributed by atoms with Gasteiger partial charge < -0.3 is 10.2 Å². The summed E-state index contributed by atoms with van der Waals surface area (Å²) in [7, 11) is 1.94. The second-order valence-electron chi connectivity index (χ2n) is 4.90. The topological polar surface area (TPSA) is 32.3 Å². The molecule has 0 radical (unpaired) electrons. The summed E-state index contributed by atoms with van der Waals surface area (Å²) in [6.45, 7) is 3.90. The summed E-state index contributed by atoms with van der Waals surface area (Å²) < 4.78 is 0. The highest BCUT2D eigenvalue weighted by Gasteiger charge is 2.28. The first kappa shape index (κ1) is 16.0. The van der Waals surface area contributed by atoms with E-state index in [1.807, 2.05) is 24.1 Å². The summed E-state index contributed by atoms with van der Waals surface area (Å²) in [5.74, 6) is 0.176. The van der Waals surface area contributed by atoms with Crippen molar-refractivity contribution in [2.75, 3.05) is 20.1 Å². The molecule has 1 unspecified atom stereocenters. The first-order valence-corrected chi connectivity index (χ1v) is 6.80. The van der Waals surface area contributed by atoms with E-state index in [-0.39, 0.29) is 18.3 Å². The highest BCUT2D eigenvalue weighted by molar-refractivity contribution is 5.94. The zero-order valence-corrected chi connectivity index (χ0v) is 12.5. The molecule has 4 heteroatoms. The van der Waals surface area contributed by atoms with Gasteiger partial charge in [-0.05, 0) is 44.0 Å². The second kappa shape index (κ2) is 7.51. The number of nitrogens with zero attached hydrogens (tertiary/aromatic N) is 1. The van der Waals surface area contributed by atoms with Crippen LogP contribution >= 0.6 is 12.4 Å². The third-order valence-corrected chi connectivity index (χ3v) is 3.69. The van der Waals surface area contributed by atoms with Crippen LogP contribution in [0.3, 0.4) is 0 Å². The number of benzene rings is 1. The van der Waals surface area contributed by atoms with Crippen LogP contribution in [0, 0.1) is 0 Å². The van der Waals surface area contributed by atoms with E-state index >= 15 is 0 Å². The predicted molar refractivity (Wildman–Crippen MR) is 81.1 cm³/mol. The SMILES string of the molecule is CCc1ccc(C(=O)N2CCCC2CNC)cc1.Cl. The van der Waals surface area contributed by atoms with Gasteiger partial charge in [0.2, 0.25) is 0 Å². The molecular formula is C15H23ClN2O. The van der Waals surface area contributed by atoms with Gasteiger partial charge in [-0.1, -0.05) is 19.1 Å². The number of likely N-dealkylation sites (tertiary alicyclic amines) is 1. The predicted octanol–water partition coefficient (Wildman–Crippen LogP) is 2.49. The van der Waals surface area contributed by atoms with E-state index in [1.54, 1.807) is 0 Å². The van der Waals surface area contributed by atoms with Crippen LogP contribution in [0.25, 0.3) is 0 Å². The Balaban J connectivity index is 0.00000180. The Hall–Kier alpha value is -1.06. The van der Waals surface area contributed by atoms with Crippen LogP contribution in [0.2, 0.25) is 0 Å². The van der Waals surface area contributed by atoms with Gasteiger partial charge in [0.1, 0.15) is 0 Å². The number of hydrogen-bond donors (Lipinski definition) is 1. The van der Waals surface area contributed by atoms with Crippen LogP contribution in [0.4, 0.5) is 0 Å². The van der Waals surface area contributed by atoms with Crippen molar-refractivity contribution in [3.05, 3.63) is 35.4 Å². The molecule has 1 N–H and O–H groups in total. The molecule has 1 aromatic carbocycles. The molecule has 1 aromatic rings. The standard InChI is InChI=1S/C15H22N2O.ClH/c1-3-12-6-8-13(9-7-12)15(18)17-10-4-5-14(17)11-16-2;/h6-9,14,16H,3-5,10-11H2,1-2H3;1H. The van der Waals surface area contributed by atoms with E-state index in [9.17, 15) is 4.79 Å². The summed E-state index contributed by atoms with van der Waals surface area (Å²) in [5, 5.41) is 3.17. The fourth-order valence-electron chi connectivity index (χ4n) is 2.60. The van der Waals surface area contributed by atoms with E-state index in [2.05, 4.69) is 24.4 Å². The Labute approximate surface area is 121 Å². The zero-order chi connectivity index (χ0) is 13.0. The van der Waals surface area contributed by atoms with E-state index in [0.29, 0.717) is 6.04 Å². The van der Waals surface area contributed by atoms with Gasteiger partial charge in [-0.15, -0.1) is 12.4 Å². The molecule has 0 spiro atoms. The van der Waals surface area contributed by atoms with Gasteiger partial charge >= 0.3 is 0 Å². The number of halogens is 1. The van der Waals surface area contributed by atoms with Crippen molar-refractivity contribution in [1.29, 1.82) is 0 Å². The summed E-state index contributed by atoms with van der Waals surface area (Å²) in [5.41, 5.74) is 2.09. The first-order valence-electron chi connectivity index (χ1n) is 6.80. The largest absolute Gasteiger partial charge is 0.334 e. The van der Waals surface area contributed by atoms with Gasteiger partial charge in [0.05, 0.1) is 0 Å². The number of aryl methyl sites for hydroxylation is 1. The number of carbonyl (C=O) groups excluding carboxylic acids is 1. The van der Waals surface area contributed by atoms with Gasteiger partial charge in [-0.3, -0.25) is 4.79 Å². The number of nitrogens with one attached hydrogen (secondary N) is 1. The number of amides is 1. The lowest BCUT2D eigenvalue weighted by Crippen LogP contribution is -2.40. The Morgan fingerprint density at radius 2 is 2.05 bits per heavy atom. The molecule has 0 aliphatic carbocycles. The third kappa shape index (κ3) is 3.71. The lowest BCUT2D eigenvalue weighted by atomic mass is 10.1. The van der Waals surface area contributed by atoms with Gasteiger partial charge in [-0.2, -0.15) is 0 Å². The number of carbonyl (C=O) groups is 1. The van der Waals surface area contributed by atoms with Crippen molar-refractivity contribution in [2.24, 2.45) is 0 Å². The van der Waals surface area contributed by atoms with Crippen LogP contribution in [0.1, 0.15) is 35.7 Å². The second-order valence-corrected chi connectivity index (χ2v) is 4.90. The average molecular weight is 283 g/mol. The molecule has 1 amide bonds. The highest BCUT2D eigenvalue weighted by atomic mass is 35.5. The maximum Gasteiger partial charge on any atom is 0.254 e. The summed E-state index contributed by atoms with van der Waals surface area (Å²) in [6, 6.07) is 8.37. The Morgan fingerprint density at radius 3 is 2.63 bits per heavy atom. The molecule has 1 saturated heterocycles. The first-order chi connectivity index (χ1) is 8.76. The van der Waals surface area contributed by atoms with E-state index in [0.717, 1.165) is 37.9 Å². The van der Waals surface area contributed by atoms with Crippen molar-refractivity contribution in [1.82, 2.24) is 10.2 Å². The Kier molecular flexibility index (Phi) is 6.32. The number of rotatable bonds is 4. The monoisotopic (exact) mass is 282 g/mol. The van der Waals surface area contributed by atoms with Crippen LogP contribution in [-0.4, -0.2) is 37.0 Å². The molecule has 0 aromatic heterocycles. The molecule has 3 nitrogen and oxygen atoms in total. The zero-order valence-electron chi connectivity index (χ0n) is 11.7. The van der Waals surface area contributed by atoms with Crippen molar-refractivity contribution in [3.8, 4) is 0 Å². The minimum atomic E-state index is 0. The maximum absolute atomic E-state index is 12.4. The van der Waals surface area contributed by atoms with E-state index < -0.39 is 0 Å². The van der Waals surface area contributed by atoms with Gasteiger partial charge in [0.15, 0.2) is 0 Å². The van der Waals surface area contributed by atoms with Crippen molar-refractivity contribution < 1.29 is 4.79 Å². The van der Waals surface area contributed by atoms with Crippen LogP contribution in [0.5, 0.6) is 0 Å². The summed E-state index contributed by atoms with van der Waals surface area (Å²) in [4.78, 5) is 14.4. The number of hydrogen-bond acceptors (Lipinski definition) is 2. The summed E-state index contributed by atoms with van der Waals surface area (Å²) >= 11 is 0. The lowest BCUT2D eigenvalue weighted by Gasteiger charge is -2.24. The molecule has 1 heterocycles. The van der Waals surface area contributed by atoms with Crippen LogP contribution in [-0.2, 0) is 6.42 Å². The Morgan fingerprint density at radius 1 is 1.37 bits per heavy atom. The lowest BCUT2D eigenvalue weighted by molar-refractivity contribution is 0.0737. The van der Waals surface area contributed by atoms with E-state index in [1.165, 1.54) is 5.56 Å². The van der Waals surface area contributed by atoms with E-state index in [4.69, 9.17) is 0 Å². The average Bonchev–Trinajstić information content (AvgIpc) is 2.87. The van der Waals surface area contributed by atoms with Gasteiger partial charge in [0.25, 0.3) is 5.91 Å². The van der Waals surface area contributed by atoms with Crippen molar-refractivity contribution >= 4 is 18.3 Å². The minimum Gasteiger partial charge on any atom is -0.334 e. The summed E-state index contributed by atoms with van der Waals surface area (Å²) in [6.07, 6.45) is 3.24. The van der Waals surface area contributed by atoms with Gasteiger partial charge in [-0.25, -0.2) is 0 Å². The maximum atomic E-state index is 12.4. The Bertz CT molecular complexity index is 405.